The third-order valence-electron chi connectivity index (χ3n) is 3.29. The van der Waals surface area contributed by atoms with Crippen LogP contribution in [0.5, 0.6) is 0 Å². The van der Waals surface area contributed by atoms with E-state index in [2.05, 4.69) is 10.7 Å². The van der Waals surface area contributed by atoms with Crippen LogP contribution in [0.3, 0.4) is 0 Å². The van der Waals surface area contributed by atoms with Gasteiger partial charge in [0.15, 0.2) is 0 Å². The second-order valence-electron chi connectivity index (χ2n) is 6.29. The van der Waals surface area contributed by atoms with E-state index < -0.39 is 11.7 Å². The minimum atomic E-state index is -0.518. The Balaban J connectivity index is 2.03. The zero-order valence-corrected chi connectivity index (χ0v) is 14.3. The number of hydrogen-bond acceptors (Lipinski definition) is 5. The van der Waals surface area contributed by atoms with Crippen LogP contribution in [0.25, 0.3) is 0 Å². The summed E-state index contributed by atoms with van der Waals surface area (Å²) in [5.41, 5.74) is 0.948. The lowest BCUT2D eigenvalue weighted by molar-refractivity contribution is 0.0500. The highest BCUT2D eigenvalue weighted by molar-refractivity contribution is 7.10. The van der Waals surface area contributed by atoms with Gasteiger partial charge in [-0.2, -0.15) is 0 Å². The minimum Gasteiger partial charge on any atom is -0.462 e. The van der Waals surface area contributed by atoms with E-state index in [0.717, 1.165) is 23.3 Å². The second kappa shape index (κ2) is 6.69. The maximum Gasteiger partial charge on any atom is 0.407 e. The van der Waals surface area contributed by atoms with E-state index in [1.54, 1.807) is 6.92 Å². The van der Waals surface area contributed by atoms with Crippen LogP contribution < -0.4 is 5.32 Å². The number of hydrogen-bond donors (Lipinski definition) is 1. The van der Waals surface area contributed by atoms with Crippen molar-refractivity contribution in [3.05, 3.63) is 21.4 Å². The second-order valence-corrected chi connectivity index (χ2v) is 7.19. The van der Waals surface area contributed by atoms with Gasteiger partial charge in [-0.05, 0) is 52.5 Å². The first-order chi connectivity index (χ1) is 10.3. The van der Waals surface area contributed by atoms with Crippen molar-refractivity contribution in [3.8, 4) is 0 Å². The topological polar surface area (TPSA) is 64.6 Å². The van der Waals surface area contributed by atoms with E-state index >= 15 is 0 Å². The lowest BCUT2D eigenvalue weighted by atomic mass is 9.92. The molecule has 1 amide bonds. The van der Waals surface area contributed by atoms with Crippen molar-refractivity contribution in [1.82, 2.24) is 5.32 Å². The fourth-order valence-electron chi connectivity index (χ4n) is 2.41. The van der Waals surface area contributed by atoms with E-state index in [0.29, 0.717) is 18.6 Å². The van der Waals surface area contributed by atoms with Gasteiger partial charge >= 0.3 is 12.1 Å². The molecule has 0 saturated carbocycles. The molecule has 1 radical (unpaired) electrons. The van der Waals surface area contributed by atoms with Crippen molar-refractivity contribution in [2.75, 3.05) is 6.61 Å². The van der Waals surface area contributed by atoms with Crippen molar-refractivity contribution in [3.63, 3.8) is 0 Å². The molecule has 1 atom stereocenters. The fraction of sp³-hybridized carbons (Fsp3) is 0.625. The Bertz CT molecular complexity index is 559. The molecule has 0 saturated heterocycles. The summed E-state index contributed by atoms with van der Waals surface area (Å²) in [5, 5.41) is 5.92. The summed E-state index contributed by atoms with van der Waals surface area (Å²) in [6, 6.07) is -0.0291. The van der Waals surface area contributed by atoms with Crippen LogP contribution in [0.1, 0.15) is 54.9 Å². The molecule has 1 aromatic heterocycles. The Morgan fingerprint density at radius 2 is 2.14 bits per heavy atom. The molecular formula is C16H22NO4S. The Kier molecular flexibility index (Phi) is 5.11. The van der Waals surface area contributed by atoms with E-state index in [9.17, 15) is 9.59 Å². The Hall–Kier alpha value is -1.56. The number of thiophene rings is 1. The number of nitrogens with one attached hydrogen (secondary N) is 1. The Morgan fingerprint density at radius 3 is 2.77 bits per heavy atom. The van der Waals surface area contributed by atoms with Gasteiger partial charge in [-0.3, -0.25) is 0 Å². The summed E-state index contributed by atoms with van der Waals surface area (Å²) >= 11 is 1.47. The number of alkyl carbamates (subject to hydrolysis) is 1. The maximum absolute atomic E-state index is 11.9. The van der Waals surface area contributed by atoms with Gasteiger partial charge in [0.25, 0.3) is 0 Å². The van der Waals surface area contributed by atoms with Gasteiger partial charge in [-0.15, -0.1) is 11.3 Å². The molecule has 0 aliphatic heterocycles. The number of aryl methyl sites for hydroxylation is 1. The summed E-state index contributed by atoms with van der Waals surface area (Å²) in [6.07, 6.45) is 1.86. The molecule has 0 aromatic carbocycles. The molecular weight excluding hydrogens is 302 g/mol. The summed E-state index contributed by atoms with van der Waals surface area (Å²) in [4.78, 5) is 25.0. The van der Waals surface area contributed by atoms with Gasteiger partial charge in [0.05, 0.1) is 17.6 Å². The number of esters is 1. The predicted molar refractivity (Wildman–Crippen MR) is 84.3 cm³/mol. The van der Waals surface area contributed by atoms with Crippen molar-refractivity contribution in [2.45, 2.75) is 58.6 Å². The monoisotopic (exact) mass is 324 g/mol. The van der Waals surface area contributed by atoms with Gasteiger partial charge in [0.2, 0.25) is 0 Å². The fourth-order valence-corrected chi connectivity index (χ4v) is 3.37. The number of amides is 1. The van der Waals surface area contributed by atoms with E-state index in [1.807, 2.05) is 20.8 Å². The molecule has 0 spiro atoms. The average Bonchev–Trinajstić information content (AvgIpc) is 2.79. The summed E-state index contributed by atoms with van der Waals surface area (Å²) in [5.74, 6) is -0.335. The average molecular weight is 324 g/mol. The highest BCUT2D eigenvalue weighted by Gasteiger charge is 2.28. The number of carbonyl (C=O) groups excluding carboxylic acids is 2. The summed E-state index contributed by atoms with van der Waals surface area (Å²) in [7, 11) is 0. The first-order valence-corrected chi connectivity index (χ1v) is 8.30. The molecule has 5 nitrogen and oxygen atoms in total. The Labute approximate surface area is 135 Å². The van der Waals surface area contributed by atoms with Crippen molar-refractivity contribution in [1.29, 1.82) is 0 Å². The first kappa shape index (κ1) is 16.8. The van der Waals surface area contributed by atoms with Crippen molar-refractivity contribution >= 4 is 23.4 Å². The molecule has 22 heavy (non-hydrogen) atoms. The highest BCUT2D eigenvalue weighted by atomic mass is 32.1. The molecule has 1 aliphatic carbocycles. The van der Waals surface area contributed by atoms with Gasteiger partial charge < -0.3 is 14.8 Å². The van der Waals surface area contributed by atoms with Crippen LogP contribution in [-0.4, -0.2) is 30.3 Å². The normalized spacial score (nSPS) is 17.5. The number of fused-ring (bicyclic) bond motifs is 1. The quantitative estimate of drug-likeness (QED) is 0.868. The Morgan fingerprint density at radius 1 is 1.41 bits per heavy atom. The predicted octanol–water partition coefficient (Wildman–Crippen LogP) is 3.11. The minimum absolute atomic E-state index is 0.0291. The number of carbonyl (C=O) groups is 2. The molecule has 1 N–H and O–H groups in total. The van der Waals surface area contributed by atoms with Gasteiger partial charge in [-0.1, -0.05) is 0 Å². The van der Waals surface area contributed by atoms with E-state index in [1.165, 1.54) is 11.3 Å². The molecule has 121 valence electrons. The van der Waals surface area contributed by atoms with Crippen LogP contribution in [0.2, 0.25) is 0 Å². The standard InChI is InChI=1S/C16H22NO4S/c1-5-20-14(18)12-9-22-13-7-6-10(8-11(12)13)17-15(19)21-16(2,3)4/h10H,5-8H2,1-4H3,(H,17,19)/t10-/m0/s1. The van der Waals surface area contributed by atoms with Crippen LogP contribution >= 0.6 is 11.3 Å². The molecule has 0 fully saturated rings. The summed E-state index contributed by atoms with van der Waals surface area (Å²) < 4.78 is 10.3. The molecule has 0 bridgehead atoms. The van der Waals surface area contributed by atoms with Crippen molar-refractivity contribution in [2.24, 2.45) is 0 Å². The van der Waals surface area contributed by atoms with Crippen LogP contribution in [0, 0.1) is 5.38 Å². The van der Waals surface area contributed by atoms with E-state index in [-0.39, 0.29) is 12.0 Å². The zero-order chi connectivity index (χ0) is 16.3. The molecule has 6 heteroatoms. The lowest BCUT2D eigenvalue weighted by Gasteiger charge is -2.26. The van der Waals surface area contributed by atoms with Crippen LogP contribution in [-0.2, 0) is 22.3 Å². The van der Waals surface area contributed by atoms with Gasteiger partial charge in [-0.25, -0.2) is 9.59 Å². The number of ether oxygens (including phenoxy) is 2. The third-order valence-corrected chi connectivity index (χ3v) is 4.29. The number of rotatable bonds is 3. The van der Waals surface area contributed by atoms with Gasteiger partial charge in [0.1, 0.15) is 5.60 Å². The SMILES string of the molecule is CCOC(=O)c1[c]sc2c1C[C@@H](NC(=O)OC(C)(C)C)CC2. The molecule has 1 aromatic rings. The zero-order valence-electron chi connectivity index (χ0n) is 13.4. The highest BCUT2D eigenvalue weighted by Crippen LogP contribution is 2.30. The molecule has 0 unspecified atom stereocenters. The largest absolute Gasteiger partial charge is 0.462 e. The first-order valence-electron chi connectivity index (χ1n) is 7.49. The van der Waals surface area contributed by atoms with E-state index in [4.69, 9.17) is 9.47 Å². The molecule has 1 aliphatic rings. The lowest BCUT2D eigenvalue weighted by Crippen LogP contribution is -2.41. The third kappa shape index (κ3) is 4.22. The maximum atomic E-state index is 11.9. The molecule has 1 heterocycles. The van der Waals surface area contributed by atoms with Crippen LogP contribution in [0.15, 0.2) is 0 Å². The van der Waals surface area contributed by atoms with Crippen molar-refractivity contribution < 1.29 is 19.1 Å². The van der Waals surface area contributed by atoms with Crippen LogP contribution in [0.4, 0.5) is 4.79 Å². The summed E-state index contributed by atoms with van der Waals surface area (Å²) in [6.45, 7) is 7.62. The molecule has 2 rings (SSSR count). The van der Waals surface area contributed by atoms with Gasteiger partial charge in [0, 0.05) is 10.9 Å². The smallest absolute Gasteiger partial charge is 0.407 e.